The molecule has 0 saturated carbocycles. The Morgan fingerprint density at radius 1 is 1.42 bits per heavy atom. The fourth-order valence-electron chi connectivity index (χ4n) is 2.40. The molecule has 1 N–H and O–H groups in total. The van der Waals surface area contributed by atoms with E-state index in [-0.39, 0.29) is 12.7 Å². The largest absolute Gasteiger partial charge is 0.468 e. The number of hydrogen-bond acceptors (Lipinski definition) is 4. The molecule has 2 unspecified atom stereocenters. The van der Waals surface area contributed by atoms with E-state index in [9.17, 15) is 9.90 Å². The van der Waals surface area contributed by atoms with Gasteiger partial charge in [0.1, 0.15) is 5.92 Å². The van der Waals surface area contributed by atoms with Crippen LogP contribution >= 0.6 is 0 Å². The average Bonchev–Trinajstić information content (AvgIpc) is 2.49. The van der Waals surface area contributed by atoms with E-state index in [4.69, 9.17) is 4.74 Å². The van der Waals surface area contributed by atoms with Crippen molar-refractivity contribution in [1.82, 2.24) is 0 Å². The summed E-state index contributed by atoms with van der Waals surface area (Å²) < 4.78 is 10.4. The molecule has 0 amide bonds. The molecule has 19 heavy (non-hydrogen) atoms. The molecular weight excluding hydrogens is 244 g/mol. The van der Waals surface area contributed by atoms with E-state index in [1.54, 1.807) is 0 Å². The van der Waals surface area contributed by atoms with E-state index >= 15 is 0 Å². The first kappa shape index (κ1) is 14.0. The molecular formula is C15H20O4. The summed E-state index contributed by atoms with van der Waals surface area (Å²) in [5, 5.41) is 9.27. The van der Waals surface area contributed by atoms with Gasteiger partial charge in [0.05, 0.1) is 19.8 Å². The highest BCUT2D eigenvalue weighted by molar-refractivity contribution is 5.78. The van der Waals surface area contributed by atoms with E-state index in [0.717, 1.165) is 30.6 Å². The highest BCUT2D eigenvalue weighted by Gasteiger charge is 2.21. The van der Waals surface area contributed by atoms with Crippen molar-refractivity contribution in [3.8, 4) is 0 Å². The molecule has 1 aliphatic heterocycles. The van der Waals surface area contributed by atoms with Crippen molar-refractivity contribution < 1.29 is 19.4 Å². The quantitative estimate of drug-likeness (QED) is 0.847. The Balaban J connectivity index is 2.10. The third-order valence-corrected chi connectivity index (χ3v) is 3.56. The molecule has 1 aliphatic rings. The molecule has 1 saturated heterocycles. The SMILES string of the molecule is COC(=O)C(CO)c1ccc(C2CCCCO2)cc1. The van der Waals surface area contributed by atoms with E-state index in [1.807, 2.05) is 24.3 Å². The van der Waals surface area contributed by atoms with E-state index in [0.29, 0.717) is 0 Å². The smallest absolute Gasteiger partial charge is 0.315 e. The predicted molar refractivity (Wildman–Crippen MR) is 70.8 cm³/mol. The summed E-state index contributed by atoms with van der Waals surface area (Å²) in [6.07, 6.45) is 3.52. The van der Waals surface area contributed by atoms with Gasteiger partial charge >= 0.3 is 5.97 Å². The molecule has 1 aromatic rings. The first-order valence-electron chi connectivity index (χ1n) is 6.66. The second-order valence-electron chi connectivity index (χ2n) is 4.78. The standard InChI is InChI=1S/C15H20O4/c1-18-15(17)13(10-16)11-5-7-12(8-6-11)14-4-2-3-9-19-14/h5-8,13-14,16H,2-4,9-10H2,1H3. The van der Waals surface area contributed by atoms with Gasteiger partial charge in [0.2, 0.25) is 0 Å². The number of methoxy groups -OCH3 is 1. The summed E-state index contributed by atoms with van der Waals surface area (Å²) in [5.41, 5.74) is 1.90. The topological polar surface area (TPSA) is 55.8 Å². The van der Waals surface area contributed by atoms with Gasteiger partial charge in [0.15, 0.2) is 0 Å². The summed E-state index contributed by atoms with van der Waals surface area (Å²) >= 11 is 0. The first-order valence-corrected chi connectivity index (χ1v) is 6.66. The van der Waals surface area contributed by atoms with Gasteiger partial charge in [0.25, 0.3) is 0 Å². The van der Waals surface area contributed by atoms with Crippen LogP contribution < -0.4 is 0 Å². The van der Waals surface area contributed by atoms with Crippen molar-refractivity contribution in [2.24, 2.45) is 0 Å². The van der Waals surface area contributed by atoms with Gasteiger partial charge in [-0.25, -0.2) is 0 Å². The second-order valence-corrected chi connectivity index (χ2v) is 4.78. The molecule has 2 rings (SSSR count). The van der Waals surface area contributed by atoms with Crippen LogP contribution in [0.4, 0.5) is 0 Å². The maximum Gasteiger partial charge on any atom is 0.315 e. The number of aliphatic hydroxyl groups is 1. The van der Waals surface area contributed by atoms with Crippen LogP contribution in [0.3, 0.4) is 0 Å². The normalized spacial score (nSPS) is 20.8. The number of carbonyl (C=O) groups excluding carboxylic acids is 1. The summed E-state index contributed by atoms with van der Waals surface area (Å²) in [6, 6.07) is 7.67. The van der Waals surface area contributed by atoms with Crippen LogP contribution in [0.2, 0.25) is 0 Å². The molecule has 0 aromatic heterocycles. The zero-order chi connectivity index (χ0) is 13.7. The van der Waals surface area contributed by atoms with Crippen molar-refractivity contribution in [1.29, 1.82) is 0 Å². The highest BCUT2D eigenvalue weighted by Crippen LogP contribution is 2.29. The molecule has 0 radical (unpaired) electrons. The Hall–Kier alpha value is -1.39. The molecule has 4 heteroatoms. The van der Waals surface area contributed by atoms with Crippen LogP contribution in [-0.4, -0.2) is 31.4 Å². The van der Waals surface area contributed by atoms with Gasteiger partial charge in [0, 0.05) is 6.61 Å². The van der Waals surface area contributed by atoms with Crippen LogP contribution in [0.25, 0.3) is 0 Å². The van der Waals surface area contributed by atoms with E-state index < -0.39 is 11.9 Å². The summed E-state index contributed by atoms with van der Waals surface area (Å²) in [5.74, 6) is -1.02. The maximum atomic E-state index is 11.5. The van der Waals surface area contributed by atoms with E-state index in [1.165, 1.54) is 13.5 Å². The van der Waals surface area contributed by atoms with Crippen molar-refractivity contribution in [3.63, 3.8) is 0 Å². The Kier molecular flexibility index (Phi) is 4.93. The Morgan fingerprint density at radius 3 is 2.68 bits per heavy atom. The molecule has 1 heterocycles. The van der Waals surface area contributed by atoms with Crippen LogP contribution in [0.1, 0.15) is 42.4 Å². The van der Waals surface area contributed by atoms with Crippen molar-refractivity contribution in [3.05, 3.63) is 35.4 Å². The van der Waals surface area contributed by atoms with Gasteiger partial charge < -0.3 is 14.6 Å². The Labute approximate surface area is 113 Å². The Morgan fingerprint density at radius 2 is 2.16 bits per heavy atom. The second kappa shape index (κ2) is 6.68. The molecule has 1 fully saturated rings. The van der Waals surface area contributed by atoms with Crippen molar-refractivity contribution in [2.75, 3.05) is 20.3 Å². The minimum absolute atomic E-state index is 0.161. The minimum atomic E-state index is -0.605. The maximum absolute atomic E-state index is 11.5. The number of hydrogen-bond donors (Lipinski definition) is 1. The third-order valence-electron chi connectivity index (χ3n) is 3.56. The van der Waals surface area contributed by atoms with Crippen LogP contribution in [0, 0.1) is 0 Å². The third kappa shape index (κ3) is 3.33. The van der Waals surface area contributed by atoms with Gasteiger partial charge in [-0.15, -0.1) is 0 Å². The predicted octanol–water partition coefficient (Wildman–Crippen LogP) is 2.18. The molecule has 1 aromatic carbocycles. The number of carbonyl (C=O) groups is 1. The lowest BCUT2D eigenvalue weighted by atomic mass is 9.95. The molecule has 0 bridgehead atoms. The zero-order valence-electron chi connectivity index (χ0n) is 11.2. The van der Waals surface area contributed by atoms with Crippen LogP contribution in [0.15, 0.2) is 24.3 Å². The molecule has 4 nitrogen and oxygen atoms in total. The Bertz CT molecular complexity index is 407. The highest BCUT2D eigenvalue weighted by atomic mass is 16.5. The number of ether oxygens (including phenoxy) is 2. The minimum Gasteiger partial charge on any atom is -0.468 e. The molecule has 2 atom stereocenters. The van der Waals surface area contributed by atoms with Crippen LogP contribution in [0.5, 0.6) is 0 Å². The number of esters is 1. The van der Waals surface area contributed by atoms with Gasteiger partial charge in [-0.05, 0) is 30.4 Å². The fraction of sp³-hybridized carbons (Fsp3) is 0.533. The van der Waals surface area contributed by atoms with Gasteiger partial charge in [-0.2, -0.15) is 0 Å². The monoisotopic (exact) mass is 264 g/mol. The average molecular weight is 264 g/mol. The van der Waals surface area contributed by atoms with E-state index in [2.05, 4.69) is 4.74 Å². The first-order chi connectivity index (χ1) is 9.26. The van der Waals surface area contributed by atoms with Crippen LogP contribution in [-0.2, 0) is 14.3 Å². The zero-order valence-corrected chi connectivity index (χ0v) is 11.2. The molecule has 0 spiro atoms. The van der Waals surface area contributed by atoms with Crippen molar-refractivity contribution >= 4 is 5.97 Å². The summed E-state index contributed by atoms with van der Waals surface area (Å²) in [4.78, 5) is 11.5. The van der Waals surface area contributed by atoms with Crippen molar-refractivity contribution in [2.45, 2.75) is 31.3 Å². The number of benzene rings is 1. The lowest BCUT2D eigenvalue weighted by Crippen LogP contribution is -2.18. The van der Waals surface area contributed by atoms with Gasteiger partial charge in [-0.3, -0.25) is 4.79 Å². The number of aliphatic hydroxyl groups excluding tert-OH is 1. The molecule has 104 valence electrons. The lowest BCUT2D eigenvalue weighted by Gasteiger charge is -2.23. The summed E-state index contributed by atoms with van der Waals surface area (Å²) in [6.45, 7) is 0.569. The molecule has 0 aliphatic carbocycles. The summed E-state index contributed by atoms with van der Waals surface area (Å²) in [7, 11) is 1.33. The fourth-order valence-corrected chi connectivity index (χ4v) is 2.40. The number of rotatable bonds is 4. The van der Waals surface area contributed by atoms with Gasteiger partial charge in [-0.1, -0.05) is 24.3 Å². The lowest BCUT2D eigenvalue weighted by molar-refractivity contribution is -0.143.